The number of rotatable bonds is 10. The van der Waals surface area contributed by atoms with E-state index in [0.717, 1.165) is 42.6 Å². The molecule has 0 saturated heterocycles. The normalized spacial score (nSPS) is 18.3. The summed E-state index contributed by atoms with van der Waals surface area (Å²) in [5.41, 5.74) is 4.64. The first kappa shape index (κ1) is 23.9. The number of nitrogens with one attached hydrogen (secondary N) is 2. The van der Waals surface area contributed by atoms with E-state index in [1.54, 1.807) is 16.9 Å². The summed E-state index contributed by atoms with van der Waals surface area (Å²) in [5.74, 6) is 1.37. The van der Waals surface area contributed by atoms with Crippen molar-refractivity contribution < 1.29 is 9.59 Å². The Morgan fingerprint density at radius 1 is 0.973 bits per heavy atom. The molecule has 2 amide bonds. The molecule has 3 fully saturated rings. The maximum atomic E-state index is 13.7. The molecule has 8 nitrogen and oxygen atoms in total. The number of amides is 2. The predicted octanol–water partition coefficient (Wildman–Crippen LogP) is 4.92. The van der Waals surface area contributed by atoms with Crippen LogP contribution < -0.4 is 10.6 Å². The van der Waals surface area contributed by atoms with E-state index in [0.29, 0.717) is 23.4 Å². The zero-order chi connectivity index (χ0) is 25.7. The molecule has 194 valence electrons. The molecule has 2 heterocycles. The maximum Gasteiger partial charge on any atom is 0.270 e. The fourth-order valence-electron chi connectivity index (χ4n) is 5.74. The smallest absolute Gasteiger partial charge is 0.270 e. The molecule has 8 heteroatoms. The van der Waals surface area contributed by atoms with Crippen molar-refractivity contribution in [1.29, 1.82) is 0 Å². The van der Waals surface area contributed by atoms with Crippen molar-refractivity contribution in [2.45, 2.75) is 70.4 Å². The number of carbonyl (C=O) groups excluding carboxylic acids is 2. The molecule has 37 heavy (non-hydrogen) atoms. The molecule has 0 unspecified atom stereocenters. The summed E-state index contributed by atoms with van der Waals surface area (Å²) in [7, 11) is 2.03. The Morgan fingerprint density at radius 3 is 2.24 bits per heavy atom. The number of imidazole rings is 1. The third-order valence-corrected chi connectivity index (χ3v) is 8.03. The van der Waals surface area contributed by atoms with Gasteiger partial charge < -0.3 is 15.2 Å². The largest absolute Gasteiger partial charge is 0.339 e. The zero-order valence-corrected chi connectivity index (χ0v) is 21.9. The first-order chi connectivity index (χ1) is 17.9. The fraction of sp³-hybridized carbons (Fsp3) is 0.517. The van der Waals surface area contributed by atoms with Crippen LogP contribution in [0.15, 0.2) is 42.9 Å². The minimum atomic E-state index is -0.568. The highest BCUT2D eigenvalue weighted by molar-refractivity contribution is 6.01. The van der Waals surface area contributed by atoms with Crippen molar-refractivity contribution >= 4 is 17.5 Å². The minimum absolute atomic E-state index is 0.0593. The van der Waals surface area contributed by atoms with E-state index in [-0.39, 0.29) is 23.8 Å². The SMILES string of the molecule is CC(C)n1nccc1C(=O)N[C@H](C(=O)Nc1ccc(-c2c(C3CC3)ncn2C)cc1)C(C1CC1)C1CC1. The standard InChI is InChI=1S/C29H36N6O2/c1-17(2)35-23(14-15-31-35)28(36)33-26(24(18-4-5-18)19-6-7-19)29(37)32-22-12-10-21(11-13-22)27-25(20-8-9-20)30-16-34(27)3/h10-20,24,26H,4-9H2,1-3H3,(H,32,37)(H,33,36)/t26-/m0/s1. The Hall–Kier alpha value is -3.42. The van der Waals surface area contributed by atoms with Crippen LogP contribution in [0, 0.1) is 17.8 Å². The molecule has 2 N–H and O–H groups in total. The van der Waals surface area contributed by atoms with E-state index in [9.17, 15) is 9.59 Å². The lowest BCUT2D eigenvalue weighted by Gasteiger charge is -2.28. The van der Waals surface area contributed by atoms with Crippen molar-refractivity contribution in [3.05, 3.63) is 54.2 Å². The van der Waals surface area contributed by atoms with Gasteiger partial charge in [0.1, 0.15) is 11.7 Å². The molecule has 3 saturated carbocycles. The van der Waals surface area contributed by atoms with Crippen LogP contribution in [0.4, 0.5) is 5.69 Å². The Kier molecular flexibility index (Phi) is 6.13. The second-order valence-electron chi connectivity index (χ2n) is 11.4. The molecule has 3 aliphatic carbocycles. The van der Waals surface area contributed by atoms with Gasteiger partial charge in [0.05, 0.1) is 17.7 Å². The summed E-state index contributed by atoms with van der Waals surface area (Å²) in [5, 5.41) is 10.5. The average molecular weight is 501 g/mol. The van der Waals surface area contributed by atoms with Crippen LogP contribution >= 0.6 is 0 Å². The van der Waals surface area contributed by atoms with E-state index in [1.165, 1.54) is 18.5 Å². The molecular weight excluding hydrogens is 464 g/mol. The maximum absolute atomic E-state index is 13.7. The van der Waals surface area contributed by atoms with Gasteiger partial charge in [-0.2, -0.15) is 5.10 Å². The van der Waals surface area contributed by atoms with Crippen LogP contribution in [-0.4, -0.2) is 37.2 Å². The molecule has 1 atom stereocenters. The first-order valence-electron chi connectivity index (χ1n) is 13.7. The number of hydrogen-bond acceptors (Lipinski definition) is 4. The molecular formula is C29H36N6O2. The molecule has 1 aromatic carbocycles. The molecule has 0 aliphatic heterocycles. The van der Waals surface area contributed by atoms with Crippen LogP contribution in [0.2, 0.25) is 0 Å². The van der Waals surface area contributed by atoms with Crippen molar-refractivity contribution in [3.8, 4) is 11.3 Å². The van der Waals surface area contributed by atoms with E-state index < -0.39 is 6.04 Å². The molecule has 3 aromatic rings. The lowest BCUT2D eigenvalue weighted by molar-refractivity contribution is -0.119. The van der Waals surface area contributed by atoms with E-state index in [1.807, 2.05) is 51.5 Å². The molecule has 0 bridgehead atoms. The molecule has 3 aliphatic rings. The second-order valence-corrected chi connectivity index (χ2v) is 11.4. The van der Waals surface area contributed by atoms with Crippen LogP contribution in [-0.2, 0) is 11.8 Å². The minimum Gasteiger partial charge on any atom is -0.339 e. The van der Waals surface area contributed by atoms with Crippen molar-refractivity contribution in [2.24, 2.45) is 24.8 Å². The van der Waals surface area contributed by atoms with Gasteiger partial charge in [0.15, 0.2) is 0 Å². The van der Waals surface area contributed by atoms with Gasteiger partial charge in [-0.05, 0) is 88.3 Å². The molecule has 2 aromatic heterocycles. The van der Waals surface area contributed by atoms with E-state index in [4.69, 9.17) is 0 Å². The van der Waals surface area contributed by atoms with E-state index in [2.05, 4.69) is 25.3 Å². The van der Waals surface area contributed by atoms with Gasteiger partial charge in [-0.1, -0.05) is 12.1 Å². The topological polar surface area (TPSA) is 93.8 Å². The highest BCUT2D eigenvalue weighted by atomic mass is 16.2. The van der Waals surface area contributed by atoms with Crippen LogP contribution in [0.3, 0.4) is 0 Å². The number of nitrogens with zero attached hydrogens (tertiary/aromatic N) is 4. The molecule has 0 spiro atoms. The van der Waals surface area contributed by atoms with Gasteiger partial charge in [0, 0.05) is 36.5 Å². The monoisotopic (exact) mass is 500 g/mol. The number of benzene rings is 1. The average Bonchev–Trinajstić information content (AvgIpc) is 3.78. The summed E-state index contributed by atoms with van der Waals surface area (Å²) >= 11 is 0. The van der Waals surface area contributed by atoms with Gasteiger partial charge in [0.2, 0.25) is 5.91 Å². The summed E-state index contributed by atoms with van der Waals surface area (Å²) < 4.78 is 3.78. The van der Waals surface area contributed by atoms with E-state index >= 15 is 0 Å². The predicted molar refractivity (Wildman–Crippen MR) is 142 cm³/mol. The lowest BCUT2D eigenvalue weighted by Crippen LogP contribution is -2.50. The molecule has 0 radical (unpaired) electrons. The Labute approximate surface area is 217 Å². The Bertz CT molecular complexity index is 1280. The quantitative estimate of drug-likeness (QED) is 0.413. The number of hydrogen-bond donors (Lipinski definition) is 2. The summed E-state index contributed by atoms with van der Waals surface area (Å²) in [6.07, 6.45) is 10.5. The van der Waals surface area contributed by atoms with Crippen LogP contribution in [0.1, 0.15) is 80.5 Å². The Balaban J connectivity index is 1.22. The first-order valence-corrected chi connectivity index (χ1v) is 13.7. The highest BCUT2D eigenvalue weighted by Gasteiger charge is 2.48. The third kappa shape index (κ3) is 4.93. The van der Waals surface area contributed by atoms with Gasteiger partial charge >= 0.3 is 0 Å². The van der Waals surface area contributed by atoms with Gasteiger partial charge in [0.25, 0.3) is 5.91 Å². The van der Waals surface area contributed by atoms with Crippen LogP contribution in [0.5, 0.6) is 0 Å². The summed E-state index contributed by atoms with van der Waals surface area (Å²) in [6, 6.07) is 9.21. The zero-order valence-electron chi connectivity index (χ0n) is 21.9. The lowest BCUT2D eigenvalue weighted by atomic mass is 9.88. The Morgan fingerprint density at radius 2 is 1.65 bits per heavy atom. The second kappa shape index (κ2) is 9.47. The van der Waals surface area contributed by atoms with Crippen LogP contribution in [0.25, 0.3) is 11.3 Å². The number of carbonyl (C=O) groups is 2. The van der Waals surface area contributed by atoms with Crippen molar-refractivity contribution in [2.75, 3.05) is 5.32 Å². The van der Waals surface area contributed by atoms with Gasteiger partial charge in [-0.25, -0.2) is 4.98 Å². The summed E-state index contributed by atoms with van der Waals surface area (Å²) in [4.78, 5) is 31.7. The fourth-order valence-corrected chi connectivity index (χ4v) is 5.74. The van der Waals surface area contributed by atoms with Gasteiger partial charge in [-0.15, -0.1) is 0 Å². The van der Waals surface area contributed by atoms with Crippen molar-refractivity contribution in [1.82, 2.24) is 24.6 Å². The van der Waals surface area contributed by atoms with Gasteiger partial charge in [-0.3, -0.25) is 14.3 Å². The number of aromatic nitrogens is 4. The summed E-state index contributed by atoms with van der Waals surface area (Å²) in [6.45, 7) is 3.99. The number of aryl methyl sites for hydroxylation is 1. The molecule has 6 rings (SSSR count). The highest BCUT2D eigenvalue weighted by Crippen LogP contribution is 2.51. The number of anilines is 1. The third-order valence-electron chi connectivity index (χ3n) is 8.03. The van der Waals surface area contributed by atoms with Crippen molar-refractivity contribution in [3.63, 3.8) is 0 Å².